The highest BCUT2D eigenvalue weighted by molar-refractivity contribution is 5.88. The summed E-state index contributed by atoms with van der Waals surface area (Å²) in [5.74, 6) is -0.673. The van der Waals surface area contributed by atoms with Crippen LogP contribution in [0.1, 0.15) is 45.0 Å². The average molecular weight is 348 g/mol. The normalized spacial score (nSPS) is 18.4. The SMILES string of the molecule is CC(C)C1CN(c2cccc(C(=O)O)c2)CCN1C(=O)OC(C)(C)C. The molecule has 0 bridgehead atoms. The maximum absolute atomic E-state index is 12.5. The van der Waals surface area contributed by atoms with Crippen LogP contribution in [0.25, 0.3) is 0 Å². The molecule has 0 aliphatic carbocycles. The van der Waals surface area contributed by atoms with Crippen molar-refractivity contribution in [3.05, 3.63) is 29.8 Å². The zero-order valence-corrected chi connectivity index (χ0v) is 15.7. The Morgan fingerprint density at radius 3 is 2.48 bits per heavy atom. The Morgan fingerprint density at radius 1 is 1.24 bits per heavy atom. The molecule has 6 nitrogen and oxygen atoms in total. The Kier molecular flexibility index (Phi) is 5.60. The van der Waals surface area contributed by atoms with Crippen molar-refractivity contribution in [1.82, 2.24) is 4.90 Å². The van der Waals surface area contributed by atoms with Gasteiger partial charge in [0.25, 0.3) is 0 Å². The quantitative estimate of drug-likeness (QED) is 0.906. The highest BCUT2D eigenvalue weighted by atomic mass is 16.6. The lowest BCUT2D eigenvalue weighted by atomic mass is 9.99. The van der Waals surface area contributed by atoms with Gasteiger partial charge in [-0.2, -0.15) is 0 Å². The van der Waals surface area contributed by atoms with E-state index in [9.17, 15) is 14.7 Å². The first-order valence-corrected chi connectivity index (χ1v) is 8.66. The van der Waals surface area contributed by atoms with Gasteiger partial charge in [0.05, 0.1) is 11.6 Å². The Bertz CT molecular complexity index is 637. The number of rotatable bonds is 3. The van der Waals surface area contributed by atoms with E-state index in [0.29, 0.717) is 19.6 Å². The molecule has 1 N–H and O–H groups in total. The number of hydrogen-bond acceptors (Lipinski definition) is 4. The third kappa shape index (κ3) is 4.87. The monoisotopic (exact) mass is 348 g/mol. The molecular weight excluding hydrogens is 320 g/mol. The molecule has 0 spiro atoms. The molecule has 1 amide bonds. The van der Waals surface area contributed by atoms with Crippen molar-refractivity contribution >= 4 is 17.7 Å². The topological polar surface area (TPSA) is 70.1 Å². The molecule has 1 aliphatic rings. The third-order valence-electron chi connectivity index (χ3n) is 4.27. The summed E-state index contributed by atoms with van der Waals surface area (Å²) in [4.78, 5) is 27.7. The van der Waals surface area contributed by atoms with Gasteiger partial charge in [-0.25, -0.2) is 9.59 Å². The first-order valence-electron chi connectivity index (χ1n) is 8.66. The number of carboxylic acid groups (broad SMARTS) is 1. The number of carbonyl (C=O) groups is 2. The van der Waals surface area contributed by atoms with Gasteiger partial charge in [-0.3, -0.25) is 0 Å². The van der Waals surface area contributed by atoms with Crippen molar-refractivity contribution in [3.8, 4) is 0 Å². The van der Waals surface area contributed by atoms with Crippen molar-refractivity contribution in [2.75, 3.05) is 24.5 Å². The number of aromatic carboxylic acids is 1. The number of hydrogen-bond donors (Lipinski definition) is 1. The molecular formula is C19H28N2O4. The fourth-order valence-electron chi connectivity index (χ4n) is 3.00. The van der Waals surface area contributed by atoms with E-state index in [1.807, 2.05) is 26.8 Å². The smallest absolute Gasteiger partial charge is 0.410 e. The van der Waals surface area contributed by atoms with Gasteiger partial charge in [0.1, 0.15) is 5.60 Å². The third-order valence-corrected chi connectivity index (χ3v) is 4.27. The minimum Gasteiger partial charge on any atom is -0.478 e. The molecule has 1 aliphatic heterocycles. The number of carbonyl (C=O) groups excluding carboxylic acids is 1. The summed E-state index contributed by atoms with van der Waals surface area (Å²) in [5, 5.41) is 9.18. The number of benzene rings is 1. The van der Waals surface area contributed by atoms with E-state index in [2.05, 4.69) is 18.7 Å². The Balaban J connectivity index is 2.17. The average Bonchev–Trinajstić information content (AvgIpc) is 2.52. The second kappa shape index (κ2) is 7.33. The van der Waals surface area contributed by atoms with Gasteiger partial charge in [0.2, 0.25) is 0 Å². The standard InChI is InChI=1S/C19H28N2O4/c1-13(2)16-12-20(15-8-6-7-14(11-15)17(22)23)9-10-21(16)18(24)25-19(3,4)5/h6-8,11,13,16H,9-10,12H2,1-5H3,(H,22,23). The van der Waals surface area contributed by atoms with Gasteiger partial charge >= 0.3 is 12.1 Å². The van der Waals surface area contributed by atoms with Crippen LogP contribution in [0.15, 0.2) is 24.3 Å². The van der Waals surface area contributed by atoms with Gasteiger partial charge in [0, 0.05) is 25.3 Å². The lowest BCUT2D eigenvalue weighted by Crippen LogP contribution is -2.58. The van der Waals surface area contributed by atoms with Crippen LogP contribution in [0.3, 0.4) is 0 Å². The fourth-order valence-corrected chi connectivity index (χ4v) is 3.00. The molecule has 1 unspecified atom stereocenters. The first-order chi connectivity index (χ1) is 11.6. The second-order valence-corrected chi connectivity index (χ2v) is 7.79. The highest BCUT2D eigenvalue weighted by Gasteiger charge is 2.35. The maximum atomic E-state index is 12.5. The molecule has 1 saturated heterocycles. The lowest BCUT2D eigenvalue weighted by Gasteiger charge is -2.44. The largest absolute Gasteiger partial charge is 0.478 e. The van der Waals surface area contributed by atoms with Crippen LogP contribution in [0.5, 0.6) is 0 Å². The van der Waals surface area contributed by atoms with E-state index >= 15 is 0 Å². The molecule has 138 valence electrons. The van der Waals surface area contributed by atoms with Gasteiger partial charge < -0.3 is 19.6 Å². The van der Waals surface area contributed by atoms with Crippen LogP contribution in [0, 0.1) is 5.92 Å². The van der Waals surface area contributed by atoms with Crippen molar-refractivity contribution in [2.45, 2.75) is 46.3 Å². The number of nitrogens with zero attached hydrogens (tertiary/aromatic N) is 2. The summed E-state index contributed by atoms with van der Waals surface area (Å²) >= 11 is 0. The van der Waals surface area contributed by atoms with Crippen LogP contribution >= 0.6 is 0 Å². The first kappa shape index (κ1) is 19.1. The summed E-state index contributed by atoms with van der Waals surface area (Å²) in [6.45, 7) is 11.6. The van der Waals surface area contributed by atoms with Crippen LogP contribution in [-0.2, 0) is 4.74 Å². The van der Waals surface area contributed by atoms with Crippen LogP contribution in [0.4, 0.5) is 10.5 Å². The number of anilines is 1. The van der Waals surface area contributed by atoms with E-state index in [4.69, 9.17) is 4.74 Å². The minimum atomic E-state index is -0.936. The Hall–Kier alpha value is -2.24. The molecule has 25 heavy (non-hydrogen) atoms. The Morgan fingerprint density at radius 2 is 1.92 bits per heavy atom. The van der Waals surface area contributed by atoms with Gasteiger partial charge in [-0.1, -0.05) is 19.9 Å². The van der Waals surface area contributed by atoms with Crippen molar-refractivity contribution < 1.29 is 19.4 Å². The molecule has 0 aromatic heterocycles. The molecule has 0 radical (unpaired) electrons. The second-order valence-electron chi connectivity index (χ2n) is 7.79. The van der Waals surface area contributed by atoms with Crippen molar-refractivity contribution in [2.24, 2.45) is 5.92 Å². The maximum Gasteiger partial charge on any atom is 0.410 e. The predicted octanol–water partition coefficient (Wildman–Crippen LogP) is 3.47. The number of carboxylic acids is 1. The molecule has 0 saturated carbocycles. The summed E-state index contributed by atoms with van der Waals surface area (Å²) in [6.07, 6.45) is -0.287. The van der Waals surface area contributed by atoms with E-state index in [-0.39, 0.29) is 23.6 Å². The van der Waals surface area contributed by atoms with Crippen LogP contribution in [-0.4, -0.2) is 53.3 Å². The minimum absolute atomic E-state index is 0.0112. The van der Waals surface area contributed by atoms with Gasteiger partial charge in [0.15, 0.2) is 0 Å². The number of piperazine rings is 1. The summed E-state index contributed by atoms with van der Waals surface area (Å²) in [7, 11) is 0. The molecule has 2 rings (SSSR count). The lowest BCUT2D eigenvalue weighted by molar-refractivity contribution is 0.00882. The molecule has 1 aromatic rings. The Labute approximate surface area is 149 Å². The summed E-state index contributed by atoms with van der Waals surface area (Å²) in [5.41, 5.74) is 0.619. The number of amides is 1. The summed E-state index contributed by atoms with van der Waals surface area (Å²) in [6, 6.07) is 6.94. The van der Waals surface area contributed by atoms with E-state index < -0.39 is 11.6 Å². The zero-order chi connectivity index (χ0) is 18.8. The molecule has 1 aromatic carbocycles. The highest BCUT2D eigenvalue weighted by Crippen LogP contribution is 2.25. The predicted molar refractivity (Wildman–Crippen MR) is 97.2 cm³/mol. The number of ether oxygens (including phenoxy) is 1. The van der Waals surface area contributed by atoms with E-state index in [1.165, 1.54) is 0 Å². The van der Waals surface area contributed by atoms with E-state index in [0.717, 1.165) is 5.69 Å². The zero-order valence-electron chi connectivity index (χ0n) is 15.7. The molecule has 1 fully saturated rings. The van der Waals surface area contributed by atoms with Gasteiger partial charge in [-0.05, 0) is 44.9 Å². The summed E-state index contributed by atoms with van der Waals surface area (Å²) < 4.78 is 5.54. The van der Waals surface area contributed by atoms with E-state index in [1.54, 1.807) is 23.1 Å². The molecule has 1 atom stereocenters. The van der Waals surface area contributed by atoms with Crippen molar-refractivity contribution in [1.29, 1.82) is 0 Å². The van der Waals surface area contributed by atoms with Gasteiger partial charge in [-0.15, -0.1) is 0 Å². The molecule has 6 heteroatoms. The molecule has 1 heterocycles. The van der Waals surface area contributed by atoms with Crippen LogP contribution in [0.2, 0.25) is 0 Å². The van der Waals surface area contributed by atoms with Crippen LogP contribution < -0.4 is 4.90 Å². The fraction of sp³-hybridized carbons (Fsp3) is 0.579. The van der Waals surface area contributed by atoms with Crippen molar-refractivity contribution in [3.63, 3.8) is 0 Å².